The smallest absolute Gasteiger partial charge is 0.220 e. The third-order valence-electron chi connectivity index (χ3n) is 3.69. The average Bonchev–Trinajstić information content (AvgIpc) is 2.46. The van der Waals surface area contributed by atoms with Gasteiger partial charge in [0, 0.05) is 30.1 Å². The average molecular weight is 278 g/mol. The molecular formula is C15H22N2OS. The molecule has 4 heteroatoms. The maximum absolute atomic E-state index is 11.9. The predicted molar refractivity (Wildman–Crippen MR) is 80.3 cm³/mol. The van der Waals surface area contributed by atoms with Crippen molar-refractivity contribution in [2.45, 2.75) is 49.8 Å². The van der Waals surface area contributed by atoms with Gasteiger partial charge in [-0.2, -0.15) is 11.8 Å². The summed E-state index contributed by atoms with van der Waals surface area (Å²) in [5.41, 5.74) is 1.13. The highest BCUT2D eigenvalue weighted by Gasteiger charge is 2.22. The molecule has 1 aliphatic rings. The molecular weight excluding hydrogens is 256 g/mol. The Hall–Kier alpha value is -1.03. The number of rotatable bonds is 5. The highest BCUT2D eigenvalue weighted by molar-refractivity contribution is 7.99. The van der Waals surface area contributed by atoms with Gasteiger partial charge in [0.2, 0.25) is 5.91 Å². The minimum atomic E-state index is 0.176. The molecule has 0 aliphatic heterocycles. The Morgan fingerprint density at radius 3 is 3.16 bits per heavy atom. The molecule has 1 aliphatic carbocycles. The number of nitrogens with zero attached hydrogens (tertiary/aromatic N) is 1. The molecule has 0 aromatic carbocycles. The molecule has 1 saturated carbocycles. The van der Waals surface area contributed by atoms with Gasteiger partial charge in [0.15, 0.2) is 0 Å². The van der Waals surface area contributed by atoms with Gasteiger partial charge in [0.1, 0.15) is 0 Å². The number of hydrogen-bond donors (Lipinski definition) is 1. The standard InChI is InChI=1S/C15H22N2OS/c1-19-14-6-2-5-13(10-14)17-15(18)8-7-12-4-3-9-16-11-12/h3-4,9,11,13-14H,2,5-8,10H2,1H3,(H,17,18)/t13-,14-/m1/s1. The van der Waals surface area contributed by atoms with Gasteiger partial charge >= 0.3 is 0 Å². The first-order valence-electron chi connectivity index (χ1n) is 6.99. The van der Waals surface area contributed by atoms with Crippen LogP contribution < -0.4 is 5.32 Å². The summed E-state index contributed by atoms with van der Waals surface area (Å²) >= 11 is 1.93. The first-order chi connectivity index (χ1) is 9.28. The van der Waals surface area contributed by atoms with Crippen LogP contribution in [-0.4, -0.2) is 28.4 Å². The first-order valence-corrected chi connectivity index (χ1v) is 8.28. The van der Waals surface area contributed by atoms with Crippen LogP contribution in [0.5, 0.6) is 0 Å². The second-order valence-corrected chi connectivity index (χ2v) is 6.29. The largest absolute Gasteiger partial charge is 0.353 e. The fraction of sp³-hybridized carbons (Fsp3) is 0.600. The number of aromatic nitrogens is 1. The molecule has 1 heterocycles. The summed E-state index contributed by atoms with van der Waals surface area (Å²) in [5, 5.41) is 3.90. The number of nitrogens with one attached hydrogen (secondary N) is 1. The molecule has 0 bridgehead atoms. The Morgan fingerprint density at radius 1 is 1.53 bits per heavy atom. The Morgan fingerprint density at radius 2 is 2.42 bits per heavy atom. The van der Waals surface area contributed by atoms with E-state index in [1.54, 1.807) is 6.20 Å². The fourth-order valence-electron chi connectivity index (χ4n) is 2.59. The molecule has 0 spiro atoms. The van der Waals surface area contributed by atoms with E-state index in [1.165, 1.54) is 12.8 Å². The zero-order valence-corrected chi connectivity index (χ0v) is 12.3. The molecule has 19 heavy (non-hydrogen) atoms. The topological polar surface area (TPSA) is 42.0 Å². The number of carbonyl (C=O) groups is 1. The lowest BCUT2D eigenvalue weighted by molar-refractivity contribution is -0.121. The summed E-state index contributed by atoms with van der Waals surface area (Å²) in [6, 6.07) is 4.31. The van der Waals surface area contributed by atoms with E-state index in [1.807, 2.05) is 30.1 Å². The zero-order valence-electron chi connectivity index (χ0n) is 11.5. The summed E-state index contributed by atoms with van der Waals surface area (Å²) in [5.74, 6) is 0.176. The number of amides is 1. The molecule has 0 unspecified atom stereocenters. The van der Waals surface area contributed by atoms with Gasteiger partial charge in [0.05, 0.1) is 0 Å². The van der Waals surface area contributed by atoms with Crippen molar-refractivity contribution in [2.24, 2.45) is 0 Å². The number of pyridine rings is 1. The van der Waals surface area contributed by atoms with Crippen LogP contribution in [0, 0.1) is 0 Å². The lowest BCUT2D eigenvalue weighted by atomic mass is 9.95. The van der Waals surface area contributed by atoms with Crippen LogP contribution in [0.3, 0.4) is 0 Å². The predicted octanol–water partition coefficient (Wildman–Crippen LogP) is 2.80. The third-order valence-corrected chi connectivity index (χ3v) is 4.78. The van der Waals surface area contributed by atoms with Crippen LogP contribution in [0.15, 0.2) is 24.5 Å². The van der Waals surface area contributed by atoms with Gasteiger partial charge < -0.3 is 5.32 Å². The lowest BCUT2D eigenvalue weighted by Gasteiger charge is -2.28. The van der Waals surface area contributed by atoms with E-state index < -0.39 is 0 Å². The van der Waals surface area contributed by atoms with E-state index in [2.05, 4.69) is 16.6 Å². The van der Waals surface area contributed by atoms with Crippen molar-refractivity contribution >= 4 is 17.7 Å². The number of aryl methyl sites for hydroxylation is 1. The summed E-state index contributed by atoms with van der Waals surface area (Å²) in [4.78, 5) is 16.0. The number of carbonyl (C=O) groups excluding carboxylic acids is 1. The minimum absolute atomic E-state index is 0.176. The van der Waals surface area contributed by atoms with E-state index in [9.17, 15) is 4.79 Å². The maximum atomic E-state index is 11.9. The maximum Gasteiger partial charge on any atom is 0.220 e. The zero-order chi connectivity index (χ0) is 13.5. The van der Waals surface area contributed by atoms with Gasteiger partial charge in [-0.1, -0.05) is 12.5 Å². The van der Waals surface area contributed by atoms with Crippen molar-refractivity contribution in [3.05, 3.63) is 30.1 Å². The van der Waals surface area contributed by atoms with Crippen LogP contribution in [0.2, 0.25) is 0 Å². The molecule has 104 valence electrons. The molecule has 0 radical (unpaired) electrons. The molecule has 1 aromatic rings. The fourth-order valence-corrected chi connectivity index (χ4v) is 3.42. The normalized spacial score (nSPS) is 23.0. The molecule has 1 amide bonds. The second-order valence-electron chi connectivity index (χ2n) is 5.15. The van der Waals surface area contributed by atoms with Crippen molar-refractivity contribution < 1.29 is 4.79 Å². The van der Waals surface area contributed by atoms with Crippen molar-refractivity contribution in [1.82, 2.24) is 10.3 Å². The molecule has 0 saturated heterocycles. The van der Waals surface area contributed by atoms with E-state index >= 15 is 0 Å². The molecule has 3 nitrogen and oxygen atoms in total. The Labute approximate surface area is 119 Å². The number of hydrogen-bond acceptors (Lipinski definition) is 3. The van der Waals surface area contributed by atoms with E-state index in [4.69, 9.17) is 0 Å². The SMILES string of the molecule is CS[C@@H]1CCC[C@@H](NC(=O)CCc2cccnc2)C1. The van der Waals surface area contributed by atoms with Crippen LogP contribution in [0.4, 0.5) is 0 Å². The molecule has 1 N–H and O–H groups in total. The van der Waals surface area contributed by atoms with Gasteiger partial charge in [-0.05, 0) is 43.6 Å². The van der Waals surface area contributed by atoms with Crippen LogP contribution in [0.25, 0.3) is 0 Å². The van der Waals surface area contributed by atoms with E-state index in [-0.39, 0.29) is 5.91 Å². The first kappa shape index (κ1) is 14.4. The minimum Gasteiger partial charge on any atom is -0.353 e. The monoisotopic (exact) mass is 278 g/mol. The van der Waals surface area contributed by atoms with Crippen molar-refractivity contribution in [1.29, 1.82) is 0 Å². The molecule has 1 fully saturated rings. The third kappa shape index (κ3) is 4.86. The van der Waals surface area contributed by atoms with Crippen LogP contribution in [0.1, 0.15) is 37.7 Å². The quantitative estimate of drug-likeness (QED) is 0.900. The highest BCUT2D eigenvalue weighted by atomic mass is 32.2. The van der Waals surface area contributed by atoms with Gasteiger partial charge in [0.25, 0.3) is 0 Å². The van der Waals surface area contributed by atoms with Crippen LogP contribution >= 0.6 is 11.8 Å². The van der Waals surface area contributed by atoms with Crippen molar-refractivity contribution in [2.75, 3.05) is 6.26 Å². The summed E-state index contributed by atoms with van der Waals surface area (Å²) in [7, 11) is 0. The van der Waals surface area contributed by atoms with Crippen molar-refractivity contribution in [3.63, 3.8) is 0 Å². The van der Waals surface area contributed by atoms with E-state index in [0.29, 0.717) is 12.5 Å². The summed E-state index contributed by atoms with van der Waals surface area (Å²) in [6.07, 6.45) is 11.9. The van der Waals surface area contributed by atoms with Gasteiger partial charge in [-0.15, -0.1) is 0 Å². The van der Waals surface area contributed by atoms with E-state index in [0.717, 1.165) is 30.1 Å². The molecule has 1 aromatic heterocycles. The second kappa shape index (κ2) is 7.53. The Kier molecular flexibility index (Phi) is 5.70. The molecule has 2 rings (SSSR count). The van der Waals surface area contributed by atoms with Crippen molar-refractivity contribution in [3.8, 4) is 0 Å². The summed E-state index contributed by atoms with van der Waals surface area (Å²) < 4.78 is 0. The Balaban J connectivity index is 1.72. The van der Waals surface area contributed by atoms with Crippen LogP contribution in [-0.2, 0) is 11.2 Å². The van der Waals surface area contributed by atoms with Gasteiger partial charge in [-0.3, -0.25) is 9.78 Å². The number of thioether (sulfide) groups is 1. The van der Waals surface area contributed by atoms with Gasteiger partial charge in [-0.25, -0.2) is 0 Å². The molecule has 2 atom stereocenters. The summed E-state index contributed by atoms with van der Waals surface area (Å²) in [6.45, 7) is 0. The Bertz CT molecular complexity index is 396. The lowest BCUT2D eigenvalue weighted by Crippen LogP contribution is -2.39. The highest BCUT2D eigenvalue weighted by Crippen LogP contribution is 2.26.